The lowest BCUT2D eigenvalue weighted by Gasteiger charge is -2.14. The lowest BCUT2D eigenvalue weighted by molar-refractivity contribution is 0.488. The van der Waals surface area contributed by atoms with Gasteiger partial charge in [0.1, 0.15) is 5.82 Å². The summed E-state index contributed by atoms with van der Waals surface area (Å²) < 4.78 is 15.5. The molecular formula is C16H22FN3. The van der Waals surface area contributed by atoms with Crippen molar-refractivity contribution < 1.29 is 4.39 Å². The average molecular weight is 275 g/mol. The largest absolute Gasteiger partial charge is 0.314 e. The Balaban J connectivity index is 1.68. The maximum Gasteiger partial charge on any atom is 0.126 e. The van der Waals surface area contributed by atoms with Gasteiger partial charge in [-0.25, -0.2) is 4.39 Å². The van der Waals surface area contributed by atoms with Gasteiger partial charge in [0, 0.05) is 18.8 Å². The Morgan fingerprint density at radius 2 is 2.15 bits per heavy atom. The summed E-state index contributed by atoms with van der Waals surface area (Å²) in [5.74, 6) is -0.117. The normalized spacial score (nSPS) is 12.6. The number of aryl methyl sites for hydroxylation is 2. The average Bonchev–Trinajstić information content (AvgIpc) is 2.83. The highest BCUT2D eigenvalue weighted by Gasteiger charge is 2.06. The highest BCUT2D eigenvalue weighted by molar-refractivity contribution is 5.18. The number of nitrogens with zero attached hydrogens (tertiary/aromatic N) is 2. The molecule has 0 saturated carbocycles. The van der Waals surface area contributed by atoms with Crippen molar-refractivity contribution in [3.05, 3.63) is 53.6 Å². The summed E-state index contributed by atoms with van der Waals surface area (Å²) in [6.45, 7) is 5.95. The third-order valence-electron chi connectivity index (χ3n) is 3.30. The molecule has 1 N–H and O–H groups in total. The first-order chi connectivity index (χ1) is 9.65. The smallest absolute Gasteiger partial charge is 0.126 e. The number of nitrogens with one attached hydrogen (secondary N) is 1. The van der Waals surface area contributed by atoms with Gasteiger partial charge in [0.05, 0.1) is 6.20 Å². The van der Waals surface area contributed by atoms with Gasteiger partial charge in [0.25, 0.3) is 0 Å². The van der Waals surface area contributed by atoms with Crippen molar-refractivity contribution in [3.8, 4) is 0 Å². The molecule has 0 amide bonds. The molecule has 4 heteroatoms. The number of rotatable bonds is 7. The lowest BCUT2D eigenvalue weighted by Crippen LogP contribution is -2.29. The molecule has 2 aromatic rings. The van der Waals surface area contributed by atoms with E-state index in [2.05, 4.69) is 17.3 Å². The van der Waals surface area contributed by atoms with Crippen molar-refractivity contribution in [2.45, 2.75) is 39.3 Å². The Labute approximate surface area is 119 Å². The minimum atomic E-state index is -0.117. The summed E-state index contributed by atoms with van der Waals surface area (Å²) >= 11 is 0. The van der Waals surface area contributed by atoms with Crippen molar-refractivity contribution >= 4 is 0 Å². The van der Waals surface area contributed by atoms with Gasteiger partial charge in [-0.15, -0.1) is 0 Å². The number of hydrogen-bond acceptors (Lipinski definition) is 2. The summed E-state index contributed by atoms with van der Waals surface area (Å²) in [6, 6.07) is 7.24. The zero-order chi connectivity index (χ0) is 14.4. The van der Waals surface area contributed by atoms with Crippen LogP contribution >= 0.6 is 0 Å². The van der Waals surface area contributed by atoms with E-state index in [1.54, 1.807) is 6.07 Å². The van der Waals surface area contributed by atoms with Gasteiger partial charge in [0.15, 0.2) is 0 Å². The number of aromatic nitrogens is 2. The highest BCUT2D eigenvalue weighted by atomic mass is 19.1. The molecule has 0 saturated heterocycles. The van der Waals surface area contributed by atoms with Crippen molar-refractivity contribution in [3.63, 3.8) is 0 Å². The Morgan fingerprint density at radius 3 is 2.85 bits per heavy atom. The molecule has 1 aromatic carbocycles. The topological polar surface area (TPSA) is 29.9 Å². The monoisotopic (exact) mass is 275 g/mol. The Hall–Kier alpha value is -1.68. The van der Waals surface area contributed by atoms with Gasteiger partial charge in [0.2, 0.25) is 0 Å². The van der Waals surface area contributed by atoms with Crippen LogP contribution in [0, 0.1) is 12.7 Å². The van der Waals surface area contributed by atoms with Crippen LogP contribution in [0.3, 0.4) is 0 Å². The molecule has 20 heavy (non-hydrogen) atoms. The molecular weight excluding hydrogens is 253 g/mol. The molecule has 0 aliphatic rings. The third kappa shape index (κ3) is 4.46. The second-order valence-corrected chi connectivity index (χ2v) is 5.29. The fraction of sp³-hybridized carbons (Fsp3) is 0.438. The maximum absolute atomic E-state index is 13.5. The van der Waals surface area contributed by atoms with E-state index in [0.717, 1.165) is 25.1 Å². The molecule has 3 nitrogen and oxygen atoms in total. The van der Waals surface area contributed by atoms with Crippen LogP contribution in [-0.4, -0.2) is 22.4 Å². The SMILES string of the molecule is Cc1cnn(CCCN[C@H](C)Cc2ccccc2F)c1. The standard InChI is InChI=1S/C16H22FN3/c1-13-11-19-20(12-13)9-5-8-18-14(2)10-15-6-3-4-7-16(15)17/h3-4,6-7,11-12,14,18H,5,8-10H2,1-2H3/t14-/m1/s1. The second kappa shape index (κ2) is 7.20. The van der Waals surface area contributed by atoms with Crippen molar-refractivity contribution in [1.29, 1.82) is 0 Å². The summed E-state index contributed by atoms with van der Waals surface area (Å²) in [4.78, 5) is 0. The molecule has 1 atom stereocenters. The molecule has 0 bridgehead atoms. The minimum Gasteiger partial charge on any atom is -0.314 e. The number of benzene rings is 1. The summed E-state index contributed by atoms with van der Waals surface area (Å²) in [7, 11) is 0. The van der Waals surface area contributed by atoms with Gasteiger partial charge in [-0.2, -0.15) is 5.10 Å². The quantitative estimate of drug-likeness (QED) is 0.787. The van der Waals surface area contributed by atoms with Gasteiger partial charge in [-0.3, -0.25) is 4.68 Å². The predicted octanol–water partition coefficient (Wildman–Crippen LogP) is 2.94. The molecule has 108 valence electrons. The number of hydrogen-bond donors (Lipinski definition) is 1. The zero-order valence-corrected chi connectivity index (χ0v) is 12.1. The van der Waals surface area contributed by atoms with E-state index < -0.39 is 0 Å². The van der Waals surface area contributed by atoms with E-state index in [9.17, 15) is 4.39 Å². The van der Waals surface area contributed by atoms with Gasteiger partial charge < -0.3 is 5.32 Å². The van der Waals surface area contributed by atoms with Crippen LogP contribution in [-0.2, 0) is 13.0 Å². The Kier molecular flexibility index (Phi) is 5.30. The molecule has 0 aliphatic carbocycles. The van der Waals surface area contributed by atoms with Crippen LogP contribution in [0.25, 0.3) is 0 Å². The molecule has 0 unspecified atom stereocenters. The maximum atomic E-state index is 13.5. The molecule has 0 spiro atoms. The van der Waals surface area contributed by atoms with Crippen LogP contribution in [0.1, 0.15) is 24.5 Å². The predicted molar refractivity (Wildman–Crippen MR) is 79.1 cm³/mol. The number of halogens is 1. The van der Waals surface area contributed by atoms with Crippen LogP contribution in [0.5, 0.6) is 0 Å². The fourth-order valence-corrected chi connectivity index (χ4v) is 2.24. The van der Waals surface area contributed by atoms with E-state index in [1.807, 2.05) is 36.1 Å². The van der Waals surface area contributed by atoms with Crippen LogP contribution in [0.4, 0.5) is 4.39 Å². The second-order valence-electron chi connectivity index (χ2n) is 5.29. The molecule has 0 radical (unpaired) electrons. The van der Waals surface area contributed by atoms with E-state index in [4.69, 9.17) is 0 Å². The fourth-order valence-electron chi connectivity index (χ4n) is 2.24. The van der Waals surface area contributed by atoms with E-state index >= 15 is 0 Å². The minimum absolute atomic E-state index is 0.117. The van der Waals surface area contributed by atoms with Crippen LogP contribution < -0.4 is 5.32 Å². The summed E-state index contributed by atoms with van der Waals surface area (Å²) in [5.41, 5.74) is 1.96. The van der Waals surface area contributed by atoms with Crippen molar-refractivity contribution in [1.82, 2.24) is 15.1 Å². The summed E-state index contributed by atoms with van der Waals surface area (Å²) in [5, 5.41) is 7.68. The van der Waals surface area contributed by atoms with Crippen molar-refractivity contribution in [2.24, 2.45) is 0 Å². The Morgan fingerprint density at radius 1 is 1.35 bits per heavy atom. The van der Waals surface area contributed by atoms with Crippen molar-refractivity contribution in [2.75, 3.05) is 6.54 Å². The highest BCUT2D eigenvalue weighted by Crippen LogP contribution is 2.08. The first kappa shape index (κ1) is 14.7. The zero-order valence-electron chi connectivity index (χ0n) is 12.1. The van der Waals surface area contributed by atoms with Gasteiger partial charge in [-0.1, -0.05) is 18.2 Å². The van der Waals surface area contributed by atoms with Crippen LogP contribution in [0.15, 0.2) is 36.7 Å². The third-order valence-corrected chi connectivity index (χ3v) is 3.30. The summed E-state index contributed by atoms with van der Waals surface area (Å²) in [6.07, 6.45) is 5.65. The Bertz CT molecular complexity index is 536. The van der Waals surface area contributed by atoms with E-state index in [0.29, 0.717) is 6.42 Å². The first-order valence-corrected chi connectivity index (χ1v) is 7.11. The lowest BCUT2D eigenvalue weighted by atomic mass is 10.1. The van der Waals surface area contributed by atoms with Gasteiger partial charge >= 0.3 is 0 Å². The molecule has 1 aromatic heterocycles. The van der Waals surface area contributed by atoms with E-state index in [-0.39, 0.29) is 11.9 Å². The molecule has 0 aliphatic heterocycles. The molecule has 1 heterocycles. The van der Waals surface area contributed by atoms with Crippen LogP contribution in [0.2, 0.25) is 0 Å². The molecule has 2 rings (SSSR count). The van der Waals surface area contributed by atoms with E-state index in [1.165, 1.54) is 11.6 Å². The molecule has 0 fully saturated rings. The first-order valence-electron chi connectivity index (χ1n) is 7.11. The van der Waals surface area contributed by atoms with Gasteiger partial charge in [-0.05, 0) is 50.4 Å².